The Hall–Kier alpha value is -2.86. The summed E-state index contributed by atoms with van der Waals surface area (Å²) in [5.74, 6) is 0. The van der Waals surface area contributed by atoms with Gasteiger partial charge in [0.25, 0.3) is 0 Å². The lowest BCUT2D eigenvalue weighted by atomic mass is 9.96. The van der Waals surface area contributed by atoms with Crippen molar-refractivity contribution in [3.05, 3.63) is 64.9 Å². The van der Waals surface area contributed by atoms with Crippen LogP contribution in [-0.4, -0.2) is 27.1 Å². The first-order chi connectivity index (χ1) is 13.1. The summed E-state index contributed by atoms with van der Waals surface area (Å²) in [7, 11) is 1.90. The molecular formula is C20H20ClN5O. The molecule has 1 heterocycles. The highest BCUT2D eigenvalue weighted by Gasteiger charge is 2.24. The summed E-state index contributed by atoms with van der Waals surface area (Å²) in [4.78, 5) is 12.4. The van der Waals surface area contributed by atoms with Gasteiger partial charge in [-0.2, -0.15) is 0 Å². The molecule has 6 nitrogen and oxygen atoms in total. The first-order valence-electron chi connectivity index (χ1n) is 8.89. The van der Waals surface area contributed by atoms with Gasteiger partial charge in [-0.15, -0.1) is 5.10 Å². The highest BCUT2D eigenvalue weighted by Crippen LogP contribution is 2.25. The normalized spacial score (nSPS) is 15.9. The molecule has 1 aliphatic rings. The number of benzene rings is 2. The summed E-state index contributed by atoms with van der Waals surface area (Å²) >= 11 is 6.07. The van der Waals surface area contributed by atoms with E-state index in [-0.39, 0.29) is 12.1 Å². The van der Waals surface area contributed by atoms with E-state index < -0.39 is 0 Å². The SMILES string of the molecule is Cn1nnc2c1CCC(NC(=O)Nc1cccc(-c3cccc(Cl)c3)c1)C2. The number of urea groups is 1. The van der Waals surface area contributed by atoms with Crippen LogP contribution in [0.2, 0.25) is 5.02 Å². The van der Waals surface area contributed by atoms with Crippen LogP contribution in [0.3, 0.4) is 0 Å². The number of carbonyl (C=O) groups excluding carboxylic acids is 1. The number of amides is 2. The number of aromatic nitrogens is 3. The second-order valence-electron chi connectivity index (χ2n) is 6.74. The van der Waals surface area contributed by atoms with Gasteiger partial charge >= 0.3 is 6.03 Å². The van der Waals surface area contributed by atoms with Crippen molar-refractivity contribution >= 4 is 23.3 Å². The zero-order valence-electron chi connectivity index (χ0n) is 14.9. The second kappa shape index (κ2) is 7.40. The summed E-state index contributed by atoms with van der Waals surface area (Å²) in [6, 6.07) is 15.2. The zero-order valence-corrected chi connectivity index (χ0v) is 15.7. The zero-order chi connectivity index (χ0) is 18.8. The van der Waals surface area contributed by atoms with Gasteiger partial charge in [0, 0.05) is 30.2 Å². The molecule has 0 fully saturated rings. The van der Waals surface area contributed by atoms with Gasteiger partial charge in [0.05, 0.1) is 11.4 Å². The molecule has 1 aromatic heterocycles. The minimum Gasteiger partial charge on any atom is -0.335 e. The first-order valence-corrected chi connectivity index (χ1v) is 9.27. The third kappa shape index (κ3) is 3.95. The topological polar surface area (TPSA) is 71.8 Å². The van der Waals surface area contributed by atoms with Crippen molar-refractivity contribution in [1.29, 1.82) is 0 Å². The van der Waals surface area contributed by atoms with Crippen LogP contribution in [0.25, 0.3) is 11.1 Å². The molecule has 4 rings (SSSR count). The van der Waals surface area contributed by atoms with Crippen LogP contribution >= 0.6 is 11.6 Å². The lowest BCUT2D eigenvalue weighted by Gasteiger charge is -2.22. The molecular weight excluding hydrogens is 362 g/mol. The molecule has 138 valence electrons. The molecule has 1 aliphatic carbocycles. The maximum Gasteiger partial charge on any atom is 0.319 e. The number of fused-ring (bicyclic) bond motifs is 1. The summed E-state index contributed by atoms with van der Waals surface area (Å²) in [5.41, 5.74) is 4.87. The maximum absolute atomic E-state index is 12.4. The fourth-order valence-electron chi connectivity index (χ4n) is 3.45. The predicted molar refractivity (Wildman–Crippen MR) is 106 cm³/mol. The molecule has 2 N–H and O–H groups in total. The van der Waals surface area contributed by atoms with Gasteiger partial charge in [-0.1, -0.05) is 41.1 Å². The Kier molecular flexibility index (Phi) is 4.81. The molecule has 7 heteroatoms. The Morgan fingerprint density at radius 2 is 1.96 bits per heavy atom. The third-order valence-corrected chi connectivity index (χ3v) is 5.04. The van der Waals surface area contributed by atoms with Gasteiger partial charge in [0.2, 0.25) is 0 Å². The van der Waals surface area contributed by atoms with Crippen molar-refractivity contribution in [2.45, 2.75) is 25.3 Å². The highest BCUT2D eigenvalue weighted by atomic mass is 35.5. The average molecular weight is 382 g/mol. The molecule has 0 radical (unpaired) electrons. The predicted octanol–water partition coefficient (Wildman–Crippen LogP) is 3.81. The van der Waals surface area contributed by atoms with Gasteiger partial charge in [0.15, 0.2) is 0 Å². The van der Waals surface area contributed by atoms with Crippen molar-refractivity contribution in [3.8, 4) is 11.1 Å². The minimum atomic E-state index is -0.212. The number of anilines is 1. The number of rotatable bonds is 3. The van der Waals surface area contributed by atoms with E-state index in [1.54, 1.807) is 0 Å². The van der Waals surface area contributed by atoms with Crippen molar-refractivity contribution in [3.63, 3.8) is 0 Å². The minimum absolute atomic E-state index is 0.0605. The number of nitrogens with one attached hydrogen (secondary N) is 2. The molecule has 0 saturated heterocycles. The van der Waals surface area contributed by atoms with Crippen molar-refractivity contribution in [2.75, 3.05) is 5.32 Å². The molecule has 0 spiro atoms. The Balaban J connectivity index is 1.41. The Morgan fingerprint density at radius 1 is 1.19 bits per heavy atom. The monoisotopic (exact) mass is 381 g/mol. The summed E-state index contributed by atoms with van der Waals surface area (Å²) in [5, 5.41) is 14.9. The lowest BCUT2D eigenvalue weighted by molar-refractivity contribution is 0.247. The van der Waals surface area contributed by atoms with E-state index in [0.717, 1.165) is 41.0 Å². The van der Waals surface area contributed by atoms with E-state index in [2.05, 4.69) is 20.9 Å². The van der Waals surface area contributed by atoms with Crippen LogP contribution in [0, 0.1) is 0 Å². The first kappa shape index (κ1) is 17.5. The maximum atomic E-state index is 12.4. The van der Waals surface area contributed by atoms with Crippen LogP contribution < -0.4 is 10.6 Å². The number of halogens is 1. The fourth-order valence-corrected chi connectivity index (χ4v) is 3.64. The number of aryl methyl sites for hydroxylation is 1. The van der Waals surface area contributed by atoms with Crippen LogP contribution in [0.1, 0.15) is 17.8 Å². The quantitative estimate of drug-likeness (QED) is 0.724. The van der Waals surface area contributed by atoms with Gasteiger partial charge < -0.3 is 10.6 Å². The lowest BCUT2D eigenvalue weighted by Crippen LogP contribution is -2.41. The largest absolute Gasteiger partial charge is 0.335 e. The highest BCUT2D eigenvalue weighted by molar-refractivity contribution is 6.30. The van der Waals surface area contributed by atoms with E-state index in [9.17, 15) is 4.79 Å². The van der Waals surface area contributed by atoms with E-state index in [1.807, 2.05) is 60.3 Å². The van der Waals surface area contributed by atoms with Crippen molar-refractivity contribution in [2.24, 2.45) is 7.05 Å². The van der Waals surface area contributed by atoms with E-state index in [4.69, 9.17) is 11.6 Å². The molecule has 2 aromatic carbocycles. The summed E-state index contributed by atoms with van der Waals surface area (Å²) in [6.07, 6.45) is 2.46. The van der Waals surface area contributed by atoms with Gasteiger partial charge in [-0.05, 0) is 48.2 Å². The molecule has 0 saturated carbocycles. The Bertz CT molecular complexity index is 984. The Morgan fingerprint density at radius 3 is 2.78 bits per heavy atom. The molecule has 1 atom stereocenters. The molecule has 1 unspecified atom stereocenters. The second-order valence-corrected chi connectivity index (χ2v) is 7.17. The molecule has 27 heavy (non-hydrogen) atoms. The van der Waals surface area contributed by atoms with Crippen LogP contribution in [0.5, 0.6) is 0 Å². The number of nitrogens with zero attached hydrogens (tertiary/aromatic N) is 3. The van der Waals surface area contributed by atoms with Gasteiger partial charge in [-0.3, -0.25) is 4.68 Å². The number of hydrogen-bond donors (Lipinski definition) is 2. The molecule has 0 aliphatic heterocycles. The van der Waals surface area contributed by atoms with E-state index in [1.165, 1.54) is 0 Å². The van der Waals surface area contributed by atoms with E-state index >= 15 is 0 Å². The molecule has 0 bridgehead atoms. The van der Waals surface area contributed by atoms with Crippen LogP contribution in [0.4, 0.5) is 10.5 Å². The summed E-state index contributed by atoms with van der Waals surface area (Å²) < 4.78 is 1.81. The van der Waals surface area contributed by atoms with E-state index in [0.29, 0.717) is 11.4 Å². The van der Waals surface area contributed by atoms with Gasteiger partial charge in [-0.25, -0.2) is 4.79 Å². The smallest absolute Gasteiger partial charge is 0.319 e. The number of hydrogen-bond acceptors (Lipinski definition) is 3. The standard InChI is InChI=1S/C20H20ClN5O/c1-26-19-9-8-17(12-18(19)24-25-26)23-20(27)22-16-7-3-5-14(11-16)13-4-2-6-15(21)10-13/h2-7,10-11,17H,8-9,12H2,1H3,(H2,22,23,27). The summed E-state index contributed by atoms with van der Waals surface area (Å²) in [6.45, 7) is 0. The van der Waals surface area contributed by atoms with Crippen molar-refractivity contribution in [1.82, 2.24) is 20.3 Å². The van der Waals surface area contributed by atoms with Crippen LogP contribution in [0.15, 0.2) is 48.5 Å². The Labute approximate surface area is 162 Å². The molecule has 2 amide bonds. The average Bonchev–Trinajstić information content (AvgIpc) is 3.02. The number of carbonyl (C=O) groups is 1. The van der Waals surface area contributed by atoms with Gasteiger partial charge in [0.1, 0.15) is 0 Å². The third-order valence-electron chi connectivity index (χ3n) is 4.81. The van der Waals surface area contributed by atoms with Crippen molar-refractivity contribution < 1.29 is 4.79 Å². The van der Waals surface area contributed by atoms with Crippen LogP contribution in [-0.2, 0) is 19.9 Å². The molecule has 3 aromatic rings. The fraction of sp³-hybridized carbons (Fsp3) is 0.250.